The summed E-state index contributed by atoms with van der Waals surface area (Å²) in [6.45, 7) is 2.09. The Labute approximate surface area is 110 Å². The van der Waals surface area contributed by atoms with E-state index in [1.807, 2.05) is 6.92 Å². The molecule has 1 rings (SSSR count). The zero-order valence-corrected chi connectivity index (χ0v) is 10.7. The van der Waals surface area contributed by atoms with Gasteiger partial charge in [0, 0.05) is 6.54 Å². The molecular weight excluding hydrogens is 254 g/mol. The SMILES string of the molecule is CCCC(O)CNCC(=O)Nc1c(F)cccc1F. The van der Waals surface area contributed by atoms with Gasteiger partial charge in [-0.15, -0.1) is 0 Å². The lowest BCUT2D eigenvalue weighted by Gasteiger charge is -2.11. The second-order valence-electron chi connectivity index (χ2n) is 4.22. The van der Waals surface area contributed by atoms with Gasteiger partial charge in [-0.3, -0.25) is 4.79 Å². The van der Waals surface area contributed by atoms with E-state index in [1.54, 1.807) is 0 Å². The summed E-state index contributed by atoms with van der Waals surface area (Å²) in [5.41, 5.74) is -0.455. The van der Waals surface area contributed by atoms with Crippen LogP contribution < -0.4 is 10.6 Å². The minimum absolute atomic E-state index is 0.117. The normalized spacial score (nSPS) is 12.2. The lowest BCUT2D eigenvalue weighted by molar-refractivity contribution is -0.115. The molecule has 0 spiro atoms. The van der Waals surface area contributed by atoms with Gasteiger partial charge in [0.1, 0.15) is 17.3 Å². The van der Waals surface area contributed by atoms with Gasteiger partial charge in [0.05, 0.1) is 12.6 Å². The average molecular weight is 272 g/mol. The Hall–Kier alpha value is -1.53. The third kappa shape index (κ3) is 5.32. The van der Waals surface area contributed by atoms with E-state index in [0.717, 1.165) is 18.6 Å². The van der Waals surface area contributed by atoms with E-state index in [4.69, 9.17) is 0 Å². The largest absolute Gasteiger partial charge is 0.392 e. The van der Waals surface area contributed by atoms with Crippen LogP contribution in [0.1, 0.15) is 19.8 Å². The van der Waals surface area contributed by atoms with Gasteiger partial charge in [-0.1, -0.05) is 19.4 Å². The number of aliphatic hydroxyl groups is 1. The number of amides is 1. The first-order valence-corrected chi connectivity index (χ1v) is 6.17. The molecule has 3 N–H and O–H groups in total. The highest BCUT2D eigenvalue weighted by molar-refractivity contribution is 5.92. The first-order valence-electron chi connectivity index (χ1n) is 6.17. The summed E-state index contributed by atoms with van der Waals surface area (Å²) in [5.74, 6) is -2.20. The molecule has 1 aromatic rings. The first kappa shape index (κ1) is 15.5. The fourth-order valence-corrected chi connectivity index (χ4v) is 1.59. The van der Waals surface area contributed by atoms with E-state index in [-0.39, 0.29) is 13.1 Å². The zero-order chi connectivity index (χ0) is 14.3. The maximum absolute atomic E-state index is 13.2. The molecule has 0 saturated carbocycles. The van der Waals surface area contributed by atoms with Crippen LogP contribution in [0.2, 0.25) is 0 Å². The molecule has 1 amide bonds. The number of carbonyl (C=O) groups excluding carboxylic acids is 1. The van der Waals surface area contributed by atoms with Crippen LogP contribution in [0.4, 0.5) is 14.5 Å². The van der Waals surface area contributed by atoms with E-state index >= 15 is 0 Å². The van der Waals surface area contributed by atoms with Crippen LogP contribution in [-0.2, 0) is 4.79 Å². The van der Waals surface area contributed by atoms with Crippen molar-refractivity contribution in [1.29, 1.82) is 0 Å². The van der Waals surface area contributed by atoms with Crippen LogP contribution in [0.15, 0.2) is 18.2 Å². The molecule has 0 radical (unpaired) electrons. The van der Waals surface area contributed by atoms with Gasteiger partial charge in [-0.25, -0.2) is 8.78 Å². The molecule has 0 heterocycles. The molecule has 6 heteroatoms. The predicted octanol–water partition coefficient (Wildman–Crippen LogP) is 1.65. The van der Waals surface area contributed by atoms with E-state index in [9.17, 15) is 18.7 Å². The quantitative estimate of drug-likeness (QED) is 0.707. The van der Waals surface area contributed by atoms with E-state index in [0.29, 0.717) is 6.42 Å². The minimum atomic E-state index is -0.820. The highest BCUT2D eigenvalue weighted by Gasteiger charge is 2.11. The molecule has 1 aromatic carbocycles. The Morgan fingerprint density at radius 1 is 1.37 bits per heavy atom. The summed E-state index contributed by atoms with van der Waals surface area (Å²) >= 11 is 0. The van der Waals surface area contributed by atoms with Gasteiger partial charge in [-0.2, -0.15) is 0 Å². The van der Waals surface area contributed by atoms with Crippen molar-refractivity contribution in [2.24, 2.45) is 0 Å². The smallest absolute Gasteiger partial charge is 0.238 e. The van der Waals surface area contributed by atoms with Crippen LogP contribution in [-0.4, -0.2) is 30.2 Å². The van der Waals surface area contributed by atoms with Crippen LogP contribution >= 0.6 is 0 Å². The Morgan fingerprint density at radius 2 is 2.00 bits per heavy atom. The second-order valence-corrected chi connectivity index (χ2v) is 4.22. The van der Waals surface area contributed by atoms with Crippen molar-refractivity contribution in [2.75, 3.05) is 18.4 Å². The lowest BCUT2D eigenvalue weighted by Crippen LogP contribution is -2.34. The Kier molecular flexibility index (Phi) is 6.38. The van der Waals surface area contributed by atoms with Gasteiger partial charge < -0.3 is 15.7 Å². The number of benzene rings is 1. The molecule has 0 aliphatic heterocycles. The Bertz CT molecular complexity index is 407. The van der Waals surface area contributed by atoms with Crippen LogP contribution in [0, 0.1) is 11.6 Å². The molecular formula is C13H18F2N2O2. The maximum Gasteiger partial charge on any atom is 0.238 e. The first-order chi connectivity index (χ1) is 9.04. The molecule has 0 fully saturated rings. The Morgan fingerprint density at radius 3 is 2.58 bits per heavy atom. The van der Waals surface area contributed by atoms with Crippen molar-refractivity contribution in [3.8, 4) is 0 Å². The molecule has 19 heavy (non-hydrogen) atoms. The van der Waals surface area contributed by atoms with Gasteiger partial charge in [0.2, 0.25) is 5.91 Å². The number of anilines is 1. The summed E-state index contributed by atoms with van der Waals surface area (Å²) in [6.07, 6.45) is 0.953. The number of para-hydroxylation sites is 1. The summed E-state index contributed by atoms with van der Waals surface area (Å²) in [7, 11) is 0. The van der Waals surface area contributed by atoms with Crippen molar-refractivity contribution in [3.05, 3.63) is 29.8 Å². The zero-order valence-electron chi connectivity index (χ0n) is 10.7. The van der Waals surface area contributed by atoms with E-state index in [1.165, 1.54) is 6.07 Å². The molecule has 0 aliphatic carbocycles. The molecule has 0 saturated heterocycles. The molecule has 0 bridgehead atoms. The van der Waals surface area contributed by atoms with Gasteiger partial charge in [0.25, 0.3) is 0 Å². The van der Waals surface area contributed by atoms with Crippen LogP contribution in [0.25, 0.3) is 0 Å². The average Bonchev–Trinajstić information content (AvgIpc) is 2.34. The maximum atomic E-state index is 13.2. The molecule has 0 aromatic heterocycles. The number of hydrogen-bond donors (Lipinski definition) is 3. The number of hydrogen-bond acceptors (Lipinski definition) is 3. The summed E-state index contributed by atoms with van der Waals surface area (Å²) in [5, 5.41) is 14.3. The predicted molar refractivity (Wildman–Crippen MR) is 68.8 cm³/mol. The van der Waals surface area contributed by atoms with Crippen molar-refractivity contribution in [3.63, 3.8) is 0 Å². The monoisotopic (exact) mass is 272 g/mol. The number of carbonyl (C=O) groups is 1. The number of aliphatic hydroxyl groups excluding tert-OH is 1. The summed E-state index contributed by atoms with van der Waals surface area (Å²) < 4.78 is 26.5. The van der Waals surface area contributed by atoms with Crippen molar-refractivity contribution in [1.82, 2.24) is 5.32 Å². The minimum Gasteiger partial charge on any atom is -0.392 e. The lowest BCUT2D eigenvalue weighted by atomic mass is 10.2. The highest BCUT2D eigenvalue weighted by atomic mass is 19.1. The van der Waals surface area contributed by atoms with Crippen molar-refractivity contribution < 1.29 is 18.7 Å². The third-order valence-electron chi connectivity index (χ3n) is 2.51. The van der Waals surface area contributed by atoms with Crippen LogP contribution in [0.5, 0.6) is 0 Å². The van der Waals surface area contributed by atoms with Crippen molar-refractivity contribution >= 4 is 11.6 Å². The van der Waals surface area contributed by atoms with Crippen molar-refractivity contribution in [2.45, 2.75) is 25.9 Å². The fraction of sp³-hybridized carbons (Fsp3) is 0.462. The van der Waals surface area contributed by atoms with Gasteiger partial charge in [-0.05, 0) is 18.6 Å². The summed E-state index contributed by atoms with van der Waals surface area (Å²) in [6, 6.07) is 3.36. The fourth-order valence-electron chi connectivity index (χ4n) is 1.59. The highest BCUT2D eigenvalue weighted by Crippen LogP contribution is 2.17. The molecule has 1 atom stereocenters. The number of nitrogens with one attached hydrogen (secondary N) is 2. The standard InChI is InChI=1S/C13H18F2N2O2/c1-2-4-9(18)7-16-8-12(19)17-13-10(14)5-3-6-11(13)15/h3,5-6,9,16,18H,2,4,7-8H2,1H3,(H,17,19). The van der Waals surface area contributed by atoms with E-state index in [2.05, 4.69) is 10.6 Å². The second kappa shape index (κ2) is 7.81. The number of halogens is 2. The molecule has 1 unspecified atom stereocenters. The van der Waals surface area contributed by atoms with Crippen LogP contribution in [0.3, 0.4) is 0 Å². The molecule has 106 valence electrons. The topological polar surface area (TPSA) is 61.4 Å². The molecule has 4 nitrogen and oxygen atoms in total. The van der Waals surface area contributed by atoms with Gasteiger partial charge >= 0.3 is 0 Å². The number of rotatable bonds is 7. The van der Waals surface area contributed by atoms with Gasteiger partial charge in [0.15, 0.2) is 0 Å². The third-order valence-corrected chi connectivity index (χ3v) is 2.51. The Balaban J connectivity index is 2.39. The van der Waals surface area contributed by atoms with E-state index < -0.39 is 29.3 Å². The summed E-state index contributed by atoms with van der Waals surface area (Å²) in [4.78, 5) is 11.5. The molecule has 0 aliphatic rings.